The summed E-state index contributed by atoms with van der Waals surface area (Å²) in [6.45, 7) is 5.56. The zero-order valence-corrected chi connectivity index (χ0v) is 43.9. The van der Waals surface area contributed by atoms with E-state index < -0.39 is 13.9 Å². The number of quaternary nitrogens is 1. The Balaban J connectivity index is 4.18. The second kappa shape index (κ2) is 48.4. The molecule has 65 heavy (non-hydrogen) atoms. The van der Waals surface area contributed by atoms with E-state index in [9.17, 15) is 14.3 Å². The Kier molecular flexibility index (Phi) is 46.9. The summed E-state index contributed by atoms with van der Waals surface area (Å²) in [7, 11) is 1.65. The van der Waals surface area contributed by atoms with Crippen LogP contribution in [0.3, 0.4) is 0 Å². The Morgan fingerprint density at radius 1 is 0.477 bits per heavy atom. The monoisotopic (exact) mass is 933 g/mol. The van der Waals surface area contributed by atoms with Crippen LogP contribution in [0.15, 0.2) is 72.9 Å². The molecular formula is C56H103NO7P+. The molecule has 0 aromatic heterocycles. The SMILES string of the molecule is CCCCC/C=C\C/C=C\C/C=C\CCCCCCCCCOCC(COP(=O)(O)OCC[N+](C)(C)C)OC(=O)CCCCCCCCCC/C=C\C/C=C\C/C=C\CCCCCCC. The van der Waals surface area contributed by atoms with Gasteiger partial charge in [0.1, 0.15) is 19.3 Å². The van der Waals surface area contributed by atoms with Gasteiger partial charge in [0.2, 0.25) is 0 Å². The molecule has 0 radical (unpaired) electrons. The van der Waals surface area contributed by atoms with Gasteiger partial charge in [0.25, 0.3) is 0 Å². The number of hydrogen-bond donors (Lipinski definition) is 1. The van der Waals surface area contributed by atoms with Gasteiger partial charge in [-0.3, -0.25) is 13.8 Å². The van der Waals surface area contributed by atoms with E-state index in [-0.39, 0.29) is 25.8 Å². The van der Waals surface area contributed by atoms with E-state index in [1.807, 2.05) is 21.1 Å². The normalized spacial score (nSPS) is 14.1. The summed E-state index contributed by atoms with van der Waals surface area (Å²) in [5.74, 6) is -0.325. The number of hydrogen-bond acceptors (Lipinski definition) is 6. The highest BCUT2D eigenvalue weighted by Gasteiger charge is 2.26. The zero-order chi connectivity index (χ0) is 47.6. The fourth-order valence-corrected chi connectivity index (χ4v) is 7.84. The minimum absolute atomic E-state index is 0.0815. The van der Waals surface area contributed by atoms with Crippen LogP contribution in [-0.4, -0.2) is 75.6 Å². The molecule has 0 saturated carbocycles. The van der Waals surface area contributed by atoms with Gasteiger partial charge in [0.05, 0.1) is 34.4 Å². The lowest BCUT2D eigenvalue weighted by Gasteiger charge is -2.24. The highest BCUT2D eigenvalue weighted by molar-refractivity contribution is 7.47. The Morgan fingerprint density at radius 3 is 1.29 bits per heavy atom. The van der Waals surface area contributed by atoms with Crippen LogP contribution in [0.1, 0.15) is 219 Å². The molecule has 0 aromatic carbocycles. The van der Waals surface area contributed by atoms with Crippen molar-refractivity contribution in [2.24, 2.45) is 0 Å². The topological polar surface area (TPSA) is 91.3 Å². The number of carbonyl (C=O) groups excluding carboxylic acids is 1. The summed E-state index contributed by atoms with van der Waals surface area (Å²) in [5, 5.41) is 0. The van der Waals surface area contributed by atoms with Crippen LogP contribution in [0.2, 0.25) is 0 Å². The van der Waals surface area contributed by atoms with E-state index in [4.69, 9.17) is 18.5 Å². The molecular weight excluding hydrogens is 830 g/mol. The minimum atomic E-state index is -4.29. The molecule has 0 aliphatic heterocycles. The lowest BCUT2D eigenvalue weighted by Crippen LogP contribution is -2.37. The van der Waals surface area contributed by atoms with Crippen molar-refractivity contribution in [3.8, 4) is 0 Å². The molecule has 0 fully saturated rings. The van der Waals surface area contributed by atoms with Crippen molar-refractivity contribution in [3.05, 3.63) is 72.9 Å². The van der Waals surface area contributed by atoms with E-state index in [1.54, 1.807) is 0 Å². The first-order chi connectivity index (χ1) is 31.6. The third-order valence-electron chi connectivity index (χ3n) is 11.2. The molecule has 0 heterocycles. The minimum Gasteiger partial charge on any atom is -0.457 e. The van der Waals surface area contributed by atoms with Gasteiger partial charge in [-0.15, -0.1) is 0 Å². The van der Waals surface area contributed by atoms with Crippen molar-refractivity contribution in [3.63, 3.8) is 0 Å². The predicted octanol–water partition coefficient (Wildman–Crippen LogP) is 16.6. The fourth-order valence-electron chi connectivity index (χ4n) is 7.10. The summed E-state index contributed by atoms with van der Waals surface area (Å²) >= 11 is 0. The predicted molar refractivity (Wildman–Crippen MR) is 279 cm³/mol. The molecule has 0 amide bonds. The third-order valence-corrected chi connectivity index (χ3v) is 12.2. The Morgan fingerprint density at radius 2 is 0.846 bits per heavy atom. The molecule has 2 atom stereocenters. The quantitative estimate of drug-likeness (QED) is 0.0214. The summed E-state index contributed by atoms with van der Waals surface area (Å²) in [6, 6.07) is 0. The first kappa shape index (κ1) is 62.9. The van der Waals surface area contributed by atoms with E-state index in [2.05, 4.69) is 86.8 Å². The van der Waals surface area contributed by atoms with Crippen LogP contribution in [0.25, 0.3) is 0 Å². The first-order valence-electron chi connectivity index (χ1n) is 26.7. The van der Waals surface area contributed by atoms with Gasteiger partial charge >= 0.3 is 13.8 Å². The Bertz CT molecular complexity index is 1270. The standard InChI is InChI=1S/C56H102NO7P/c1-6-8-10-12-14-16-18-20-22-24-26-28-29-30-31-33-35-37-39-41-43-45-47-49-56(58)64-55(54-63-65(59,60)62-52-50-57(3,4)5)53-61-51-48-46-44-42-40-38-36-34-32-27-25-23-21-19-17-15-13-11-9-7-2/h15,17-18,20-21,23-24,26-27,29-30,32,55H,6-14,16,19,22,25,28,31,33-54H2,1-5H3/p+1/b17-15-,20-18-,23-21-,26-24-,30-29-,32-27-. The van der Waals surface area contributed by atoms with Gasteiger partial charge in [0, 0.05) is 13.0 Å². The van der Waals surface area contributed by atoms with Gasteiger partial charge in [-0.05, 0) is 89.9 Å². The smallest absolute Gasteiger partial charge is 0.457 e. The molecule has 0 rings (SSSR count). The maximum atomic E-state index is 12.8. The van der Waals surface area contributed by atoms with E-state index >= 15 is 0 Å². The van der Waals surface area contributed by atoms with Gasteiger partial charge in [-0.1, -0.05) is 196 Å². The molecule has 0 saturated heterocycles. The fraction of sp³-hybridized carbons (Fsp3) is 0.768. The maximum absolute atomic E-state index is 12.8. The largest absolute Gasteiger partial charge is 0.472 e. The van der Waals surface area contributed by atoms with Crippen molar-refractivity contribution >= 4 is 13.8 Å². The van der Waals surface area contributed by atoms with E-state index in [0.29, 0.717) is 24.1 Å². The number of esters is 1. The van der Waals surface area contributed by atoms with Crippen molar-refractivity contribution in [1.82, 2.24) is 0 Å². The number of unbranched alkanes of at least 4 members (excludes halogenated alkanes) is 23. The van der Waals surface area contributed by atoms with E-state index in [0.717, 1.165) is 70.6 Å². The van der Waals surface area contributed by atoms with Gasteiger partial charge in [0.15, 0.2) is 0 Å². The van der Waals surface area contributed by atoms with Crippen LogP contribution in [-0.2, 0) is 27.9 Å². The van der Waals surface area contributed by atoms with Crippen LogP contribution in [0.5, 0.6) is 0 Å². The molecule has 378 valence electrons. The van der Waals surface area contributed by atoms with Gasteiger partial charge < -0.3 is 18.9 Å². The molecule has 0 spiro atoms. The van der Waals surface area contributed by atoms with Crippen LogP contribution in [0, 0.1) is 0 Å². The summed E-state index contributed by atoms with van der Waals surface area (Å²) in [4.78, 5) is 23.0. The van der Waals surface area contributed by atoms with Gasteiger partial charge in [-0.25, -0.2) is 4.57 Å². The number of phosphoric acid groups is 1. The number of nitrogens with zero attached hydrogens (tertiary/aromatic N) is 1. The number of allylic oxidation sites excluding steroid dienone is 12. The second-order valence-electron chi connectivity index (χ2n) is 18.9. The molecule has 8 nitrogen and oxygen atoms in total. The molecule has 2 unspecified atom stereocenters. The average Bonchev–Trinajstić information content (AvgIpc) is 3.27. The molecule has 0 aliphatic rings. The van der Waals surface area contributed by atoms with Crippen molar-refractivity contribution < 1.29 is 37.3 Å². The zero-order valence-electron chi connectivity index (χ0n) is 43.0. The Labute approximate surface area is 402 Å². The van der Waals surface area contributed by atoms with Crippen LogP contribution >= 0.6 is 7.82 Å². The van der Waals surface area contributed by atoms with Gasteiger partial charge in [-0.2, -0.15) is 0 Å². The van der Waals surface area contributed by atoms with Crippen molar-refractivity contribution in [1.29, 1.82) is 0 Å². The summed E-state index contributed by atoms with van der Waals surface area (Å²) in [6.07, 6.45) is 63.7. The summed E-state index contributed by atoms with van der Waals surface area (Å²) < 4.78 is 35.2. The van der Waals surface area contributed by atoms with Crippen LogP contribution < -0.4 is 0 Å². The molecule has 0 aliphatic carbocycles. The third kappa shape index (κ3) is 52.8. The number of rotatable bonds is 49. The summed E-state index contributed by atoms with van der Waals surface area (Å²) in [5.41, 5.74) is 0. The lowest BCUT2D eigenvalue weighted by atomic mass is 10.1. The Hall–Kier alpha value is -2.06. The second-order valence-corrected chi connectivity index (χ2v) is 20.4. The molecule has 0 aromatic rings. The average molecular weight is 933 g/mol. The number of phosphoric ester groups is 1. The number of ether oxygens (including phenoxy) is 2. The number of carbonyl (C=O) groups is 1. The van der Waals surface area contributed by atoms with Crippen molar-refractivity contribution in [2.45, 2.75) is 225 Å². The van der Waals surface area contributed by atoms with Crippen molar-refractivity contribution in [2.75, 3.05) is 54.1 Å². The highest BCUT2D eigenvalue weighted by Crippen LogP contribution is 2.43. The lowest BCUT2D eigenvalue weighted by molar-refractivity contribution is -0.870. The number of likely N-dealkylation sites (N-methyl/N-ethyl adjacent to an activating group) is 1. The molecule has 9 heteroatoms. The van der Waals surface area contributed by atoms with E-state index in [1.165, 1.54) is 128 Å². The molecule has 0 bridgehead atoms. The van der Waals surface area contributed by atoms with Crippen LogP contribution in [0.4, 0.5) is 0 Å². The highest BCUT2D eigenvalue weighted by atomic mass is 31.2. The molecule has 1 N–H and O–H groups in total. The maximum Gasteiger partial charge on any atom is 0.472 e. The first-order valence-corrected chi connectivity index (χ1v) is 28.2.